The zero-order valence-corrected chi connectivity index (χ0v) is 10.4. The second-order valence-corrected chi connectivity index (χ2v) is 4.48. The van der Waals surface area contributed by atoms with Crippen LogP contribution in [-0.2, 0) is 11.3 Å². The van der Waals surface area contributed by atoms with Gasteiger partial charge >= 0.3 is 0 Å². The third kappa shape index (κ3) is 2.85. The molecular formula is C12H19N3O2. The Balaban J connectivity index is 1.89. The number of carbonyl (C=O) groups is 1. The highest BCUT2D eigenvalue weighted by Gasteiger charge is 2.31. The largest absolute Gasteiger partial charge is 0.361 e. The van der Waals surface area contributed by atoms with Gasteiger partial charge < -0.3 is 14.7 Å². The highest BCUT2D eigenvalue weighted by Crippen LogP contribution is 2.15. The Morgan fingerprint density at radius 2 is 2.47 bits per heavy atom. The summed E-state index contributed by atoms with van der Waals surface area (Å²) in [6.07, 6.45) is 1.93. The van der Waals surface area contributed by atoms with E-state index in [1.54, 1.807) is 0 Å². The van der Waals surface area contributed by atoms with Crippen molar-refractivity contribution in [3.05, 3.63) is 17.5 Å². The molecule has 94 valence electrons. The summed E-state index contributed by atoms with van der Waals surface area (Å²) in [6, 6.07) is 1.86. The van der Waals surface area contributed by atoms with Gasteiger partial charge in [-0.15, -0.1) is 0 Å². The summed E-state index contributed by atoms with van der Waals surface area (Å²) in [6.45, 7) is 6.20. The maximum Gasteiger partial charge on any atom is 0.240 e. The van der Waals surface area contributed by atoms with E-state index in [0.717, 1.165) is 37.4 Å². The Morgan fingerprint density at radius 3 is 3.12 bits per heavy atom. The molecule has 1 N–H and O–H groups in total. The van der Waals surface area contributed by atoms with Crippen LogP contribution in [0.25, 0.3) is 0 Å². The first-order chi connectivity index (χ1) is 8.20. The number of carbonyl (C=O) groups excluding carboxylic acids is 1. The van der Waals surface area contributed by atoms with E-state index in [4.69, 9.17) is 4.52 Å². The second kappa shape index (κ2) is 5.31. The molecular weight excluding hydrogens is 218 g/mol. The molecule has 1 amide bonds. The van der Waals surface area contributed by atoms with E-state index >= 15 is 0 Å². The first-order valence-electron chi connectivity index (χ1n) is 6.15. The molecule has 0 spiro atoms. The number of aryl methyl sites for hydroxylation is 1. The summed E-state index contributed by atoms with van der Waals surface area (Å²) in [5.41, 5.74) is 0.826. The number of amides is 1. The molecule has 2 heterocycles. The predicted molar refractivity (Wildman–Crippen MR) is 63.4 cm³/mol. The quantitative estimate of drug-likeness (QED) is 0.832. The second-order valence-electron chi connectivity index (χ2n) is 4.48. The van der Waals surface area contributed by atoms with Gasteiger partial charge in [-0.25, -0.2) is 0 Å². The van der Waals surface area contributed by atoms with Crippen LogP contribution in [0.2, 0.25) is 0 Å². The van der Waals surface area contributed by atoms with Gasteiger partial charge in [-0.2, -0.15) is 0 Å². The van der Waals surface area contributed by atoms with Gasteiger partial charge in [0, 0.05) is 12.6 Å². The molecule has 1 saturated heterocycles. The topological polar surface area (TPSA) is 58.4 Å². The van der Waals surface area contributed by atoms with Crippen LogP contribution >= 0.6 is 0 Å². The minimum absolute atomic E-state index is 0.0112. The summed E-state index contributed by atoms with van der Waals surface area (Å²) in [5.74, 6) is 0.964. The van der Waals surface area contributed by atoms with E-state index in [0.29, 0.717) is 6.54 Å². The van der Waals surface area contributed by atoms with Crippen LogP contribution in [0.3, 0.4) is 0 Å². The highest BCUT2D eigenvalue weighted by molar-refractivity contribution is 5.83. The standard InChI is InChI=1S/C12H19N3O2/c1-3-5-13-11-4-6-15(12(11)16)8-10-7-9(2)17-14-10/h7,11,13H,3-6,8H2,1-2H3. The van der Waals surface area contributed by atoms with E-state index < -0.39 is 0 Å². The van der Waals surface area contributed by atoms with E-state index in [2.05, 4.69) is 17.4 Å². The van der Waals surface area contributed by atoms with Gasteiger partial charge in [0.15, 0.2) is 0 Å². The Morgan fingerprint density at radius 1 is 1.65 bits per heavy atom. The summed E-state index contributed by atoms with van der Waals surface area (Å²) < 4.78 is 5.00. The lowest BCUT2D eigenvalue weighted by atomic mass is 10.2. The smallest absolute Gasteiger partial charge is 0.240 e. The van der Waals surface area contributed by atoms with Crippen LogP contribution in [-0.4, -0.2) is 35.1 Å². The van der Waals surface area contributed by atoms with Crippen LogP contribution in [0.4, 0.5) is 0 Å². The van der Waals surface area contributed by atoms with Gasteiger partial charge in [0.25, 0.3) is 0 Å². The van der Waals surface area contributed by atoms with Crippen LogP contribution in [0.1, 0.15) is 31.2 Å². The lowest BCUT2D eigenvalue weighted by Gasteiger charge is -2.15. The van der Waals surface area contributed by atoms with Gasteiger partial charge in [0.1, 0.15) is 11.5 Å². The number of hydrogen-bond donors (Lipinski definition) is 1. The molecule has 0 aliphatic carbocycles. The maximum absolute atomic E-state index is 12.0. The molecule has 1 aliphatic heterocycles. The monoisotopic (exact) mass is 237 g/mol. The average molecular weight is 237 g/mol. The number of hydrogen-bond acceptors (Lipinski definition) is 4. The van der Waals surface area contributed by atoms with Crippen LogP contribution in [0.15, 0.2) is 10.6 Å². The Labute approximate surface area is 101 Å². The zero-order valence-electron chi connectivity index (χ0n) is 10.4. The minimum atomic E-state index is -0.0112. The van der Waals surface area contributed by atoms with Crippen molar-refractivity contribution < 1.29 is 9.32 Å². The van der Waals surface area contributed by atoms with Crippen molar-refractivity contribution in [1.29, 1.82) is 0 Å². The molecule has 2 rings (SSSR count). The summed E-state index contributed by atoms with van der Waals surface area (Å²) in [7, 11) is 0. The molecule has 0 aromatic carbocycles. The highest BCUT2D eigenvalue weighted by atomic mass is 16.5. The summed E-state index contributed by atoms with van der Waals surface area (Å²) in [5, 5.41) is 7.18. The van der Waals surface area contributed by atoms with E-state index in [1.165, 1.54) is 0 Å². The normalized spacial score (nSPS) is 20.2. The molecule has 0 saturated carbocycles. The van der Waals surface area contributed by atoms with Crippen molar-refractivity contribution in [1.82, 2.24) is 15.4 Å². The van der Waals surface area contributed by atoms with E-state index in [1.807, 2.05) is 17.9 Å². The molecule has 1 aromatic rings. The Bertz CT molecular complexity index is 389. The Hall–Kier alpha value is -1.36. The first-order valence-corrected chi connectivity index (χ1v) is 6.15. The molecule has 1 aliphatic rings. The summed E-state index contributed by atoms with van der Waals surface area (Å²) in [4.78, 5) is 13.9. The molecule has 1 unspecified atom stereocenters. The molecule has 1 fully saturated rings. The predicted octanol–water partition coefficient (Wildman–Crippen LogP) is 1.08. The van der Waals surface area contributed by atoms with Gasteiger partial charge in [-0.05, 0) is 26.3 Å². The van der Waals surface area contributed by atoms with Gasteiger partial charge in [0.2, 0.25) is 5.91 Å². The average Bonchev–Trinajstić information content (AvgIpc) is 2.86. The fraction of sp³-hybridized carbons (Fsp3) is 0.667. The number of nitrogens with one attached hydrogen (secondary N) is 1. The number of likely N-dealkylation sites (tertiary alicyclic amines) is 1. The zero-order chi connectivity index (χ0) is 12.3. The van der Waals surface area contributed by atoms with Crippen molar-refractivity contribution in [2.24, 2.45) is 0 Å². The van der Waals surface area contributed by atoms with Crippen LogP contribution in [0, 0.1) is 6.92 Å². The third-order valence-electron chi connectivity index (χ3n) is 2.97. The molecule has 5 heteroatoms. The summed E-state index contributed by atoms with van der Waals surface area (Å²) >= 11 is 0. The number of nitrogens with zero attached hydrogens (tertiary/aromatic N) is 2. The van der Waals surface area contributed by atoms with Gasteiger partial charge in [-0.3, -0.25) is 4.79 Å². The van der Waals surface area contributed by atoms with Crippen LogP contribution in [0.5, 0.6) is 0 Å². The fourth-order valence-corrected chi connectivity index (χ4v) is 2.09. The van der Waals surface area contributed by atoms with Gasteiger partial charge in [-0.1, -0.05) is 12.1 Å². The third-order valence-corrected chi connectivity index (χ3v) is 2.97. The fourth-order valence-electron chi connectivity index (χ4n) is 2.09. The molecule has 0 radical (unpaired) electrons. The van der Waals surface area contributed by atoms with Gasteiger partial charge in [0.05, 0.1) is 12.6 Å². The minimum Gasteiger partial charge on any atom is -0.361 e. The SMILES string of the molecule is CCCNC1CCN(Cc2cc(C)on2)C1=O. The molecule has 1 aromatic heterocycles. The van der Waals surface area contributed by atoms with Crippen molar-refractivity contribution in [2.45, 2.75) is 39.3 Å². The van der Waals surface area contributed by atoms with E-state index in [-0.39, 0.29) is 11.9 Å². The Kier molecular flexibility index (Phi) is 3.78. The van der Waals surface area contributed by atoms with Crippen molar-refractivity contribution >= 4 is 5.91 Å². The first kappa shape index (κ1) is 12.1. The van der Waals surface area contributed by atoms with Crippen LogP contribution < -0.4 is 5.32 Å². The lowest BCUT2D eigenvalue weighted by molar-refractivity contribution is -0.130. The van der Waals surface area contributed by atoms with Crippen molar-refractivity contribution in [2.75, 3.05) is 13.1 Å². The molecule has 17 heavy (non-hydrogen) atoms. The van der Waals surface area contributed by atoms with Crippen molar-refractivity contribution in [3.63, 3.8) is 0 Å². The van der Waals surface area contributed by atoms with E-state index in [9.17, 15) is 4.79 Å². The molecule has 1 atom stereocenters. The molecule has 0 bridgehead atoms. The number of aromatic nitrogens is 1. The molecule has 5 nitrogen and oxygen atoms in total. The maximum atomic E-state index is 12.0. The lowest BCUT2D eigenvalue weighted by Crippen LogP contribution is -2.38. The number of rotatable bonds is 5. The van der Waals surface area contributed by atoms with Crippen molar-refractivity contribution in [3.8, 4) is 0 Å².